The van der Waals surface area contributed by atoms with E-state index in [1.165, 1.54) is 23.1 Å². The smallest absolute Gasteiger partial charge is 0.338 e. The van der Waals surface area contributed by atoms with E-state index in [4.69, 9.17) is 23.6 Å². The maximum absolute atomic E-state index is 14.0. The molecule has 41 heavy (non-hydrogen) atoms. The van der Waals surface area contributed by atoms with Gasteiger partial charge in [0.25, 0.3) is 5.56 Å². The molecule has 0 aliphatic carbocycles. The fourth-order valence-corrected chi connectivity index (χ4v) is 7.11. The minimum atomic E-state index is -0.740. The molecule has 11 heteroatoms. The summed E-state index contributed by atoms with van der Waals surface area (Å²) in [4.78, 5) is 33.7. The van der Waals surface area contributed by atoms with Crippen LogP contribution in [0.15, 0.2) is 94.5 Å². The molecule has 0 saturated heterocycles. The van der Waals surface area contributed by atoms with Crippen molar-refractivity contribution in [3.05, 3.63) is 101 Å². The standard InChI is InChI=1S/C30H25BrN2O6S2/c1-3-8-21-25(28(35)36-4-2)26(17-11-12-22-23(13-17)38-16-37-22)33-27(34)24(41-30(33)32-21)15-18-14-20(31)29(39-18)40-19-9-6-5-7-10-19/h5-7,9-15,26H,3-4,8,16H2,1-2H3/b24-15+/t26-/m1/s1. The van der Waals surface area contributed by atoms with Crippen LogP contribution in [0.1, 0.15) is 44.1 Å². The summed E-state index contributed by atoms with van der Waals surface area (Å²) in [6, 6.07) is 16.5. The molecule has 0 spiro atoms. The summed E-state index contributed by atoms with van der Waals surface area (Å²) in [6.45, 7) is 4.10. The Bertz CT molecular complexity index is 1840. The number of esters is 1. The van der Waals surface area contributed by atoms with Gasteiger partial charge in [0.05, 0.1) is 32.9 Å². The van der Waals surface area contributed by atoms with E-state index in [2.05, 4.69) is 15.9 Å². The molecule has 2 aromatic carbocycles. The second-order valence-electron chi connectivity index (χ2n) is 9.23. The first kappa shape index (κ1) is 27.6. The molecule has 0 fully saturated rings. The molecule has 0 saturated carbocycles. The van der Waals surface area contributed by atoms with Gasteiger partial charge in [-0.3, -0.25) is 9.36 Å². The fourth-order valence-electron chi connectivity index (χ4n) is 4.75. The SMILES string of the molecule is CCCC1=C(C(=O)OCC)[C@@H](c2ccc3c(c2)OCO3)n2c(s/c(=C/c3cc(Br)c(Sc4ccccc4)o3)c2=O)=N1. The van der Waals surface area contributed by atoms with E-state index in [1.807, 2.05) is 55.5 Å². The predicted octanol–water partition coefficient (Wildman–Crippen LogP) is 5.81. The zero-order chi connectivity index (χ0) is 28.5. The number of hydrogen-bond donors (Lipinski definition) is 0. The molecule has 0 unspecified atom stereocenters. The number of aromatic nitrogens is 1. The number of nitrogens with zero attached hydrogens (tertiary/aromatic N) is 2. The highest BCUT2D eigenvalue weighted by Crippen LogP contribution is 2.39. The van der Waals surface area contributed by atoms with Crippen LogP contribution in [0.4, 0.5) is 0 Å². The van der Waals surface area contributed by atoms with Gasteiger partial charge < -0.3 is 18.6 Å². The normalized spacial score (nSPS) is 16.1. The van der Waals surface area contributed by atoms with Crippen molar-refractivity contribution >= 4 is 51.1 Å². The fraction of sp³-hybridized carbons (Fsp3) is 0.233. The van der Waals surface area contributed by atoms with Crippen molar-refractivity contribution in [1.82, 2.24) is 4.57 Å². The van der Waals surface area contributed by atoms with Crippen LogP contribution in [-0.4, -0.2) is 23.9 Å². The molecule has 2 aromatic heterocycles. The average Bonchev–Trinajstić information content (AvgIpc) is 3.66. The van der Waals surface area contributed by atoms with E-state index in [0.717, 1.165) is 15.8 Å². The summed E-state index contributed by atoms with van der Waals surface area (Å²) in [6.07, 6.45) is 3.05. The molecule has 2 aliphatic rings. The van der Waals surface area contributed by atoms with Crippen LogP contribution in [0.5, 0.6) is 11.5 Å². The van der Waals surface area contributed by atoms with E-state index in [1.54, 1.807) is 23.6 Å². The van der Waals surface area contributed by atoms with Gasteiger partial charge in [0, 0.05) is 11.0 Å². The second-order valence-corrected chi connectivity index (χ2v) is 12.1. The highest BCUT2D eigenvalue weighted by molar-refractivity contribution is 9.10. The first-order valence-electron chi connectivity index (χ1n) is 13.1. The van der Waals surface area contributed by atoms with Gasteiger partial charge in [-0.25, -0.2) is 9.79 Å². The second kappa shape index (κ2) is 11.8. The third-order valence-corrected chi connectivity index (χ3v) is 9.34. The minimum absolute atomic E-state index is 0.118. The lowest BCUT2D eigenvalue weighted by Gasteiger charge is -2.25. The maximum atomic E-state index is 14.0. The molecule has 0 amide bonds. The van der Waals surface area contributed by atoms with E-state index in [0.29, 0.717) is 54.9 Å². The Hall–Kier alpha value is -3.54. The van der Waals surface area contributed by atoms with Gasteiger partial charge >= 0.3 is 5.97 Å². The minimum Gasteiger partial charge on any atom is -0.463 e. The van der Waals surface area contributed by atoms with Crippen molar-refractivity contribution in [3.63, 3.8) is 0 Å². The van der Waals surface area contributed by atoms with Crippen LogP contribution < -0.4 is 24.4 Å². The van der Waals surface area contributed by atoms with Gasteiger partial charge in [0.1, 0.15) is 5.76 Å². The number of allylic oxidation sites excluding steroid dienone is 1. The summed E-state index contributed by atoms with van der Waals surface area (Å²) in [5.41, 5.74) is 1.40. The number of carbonyl (C=O) groups is 1. The monoisotopic (exact) mass is 652 g/mol. The first-order valence-corrected chi connectivity index (χ1v) is 15.5. The van der Waals surface area contributed by atoms with Crippen molar-refractivity contribution < 1.29 is 23.4 Å². The summed E-state index contributed by atoms with van der Waals surface area (Å²) >= 11 is 6.33. The lowest BCUT2D eigenvalue weighted by molar-refractivity contribution is -0.139. The van der Waals surface area contributed by atoms with Crippen molar-refractivity contribution in [3.8, 4) is 11.5 Å². The third-order valence-electron chi connectivity index (χ3n) is 6.51. The molecule has 0 bridgehead atoms. The summed E-state index contributed by atoms with van der Waals surface area (Å²) in [7, 11) is 0. The molecule has 1 atom stereocenters. The Morgan fingerprint density at radius 1 is 1.17 bits per heavy atom. The first-order chi connectivity index (χ1) is 20.0. The van der Waals surface area contributed by atoms with Crippen LogP contribution in [0, 0.1) is 0 Å². The molecule has 2 aliphatic heterocycles. The Morgan fingerprint density at radius 3 is 2.76 bits per heavy atom. The van der Waals surface area contributed by atoms with Gasteiger partial charge in [0.2, 0.25) is 6.79 Å². The molecule has 0 radical (unpaired) electrons. The van der Waals surface area contributed by atoms with Crippen LogP contribution in [0.2, 0.25) is 0 Å². The van der Waals surface area contributed by atoms with Gasteiger partial charge in [-0.1, -0.05) is 60.7 Å². The van der Waals surface area contributed by atoms with Crippen molar-refractivity contribution in [2.75, 3.05) is 13.4 Å². The van der Waals surface area contributed by atoms with Gasteiger partial charge in [-0.15, -0.1) is 0 Å². The molecule has 210 valence electrons. The number of halogens is 1. The highest BCUT2D eigenvalue weighted by Gasteiger charge is 2.35. The van der Waals surface area contributed by atoms with E-state index in [-0.39, 0.29) is 19.0 Å². The third kappa shape index (κ3) is 5.41. The highest BCUT2D eigenvalue weighted by atomic mass is 79.9. The number of benzene rings is 2. The van der Waals surface area contributed by atoms with E-state index >= 15 is 0 Å². The number of rotatable bonds is 8. The Morgan fingerprint density at radius 2 is 1.98 bits per heavy atom. The van der Waals surface area contributed by atoms with Gasteiger partial charge in [-0.2, -0.15) is 0 Å². The lowest BCUT2D eigenvalue weighted by atomic mass is 9.94. The summed E-state index contributed by atoms with van der Waals surface area (Å²) in [5, 5.41) is 0.684. The van der Waals surface area contributed by atoms with Gasteiger partial charge in [-0.05, 0) is 65.2 Å². The number of carbonyl (C=O) groups excluding carboxylic acids is 1. The Balaban J connectivity index is 1.49. The van der Waals surface area contributed by atoms with Crippen molar-refractivity contribution in [1.29, 1.82) is 0 Å². The largest absolute Gasteiger partial charge is 0.463 e. The molecular weight excluding hydrogens is 628 g/mol. The van der Waals surface area contributed by atoms with Crippen LogP contribution >= 0.6 is 39.0 Å². The number of hydrogen-bond acceptors (Lipinski definition) is 9. The van der Waals surface area contributed by atoms with Crippen LogP contribution in [-0.2, 0) is 9.53 Å². The maximum Gasteiger partial charge on any atom is 0.338 e. The zero-order valence-electron chi connectivity index (χ0n) is 22.2. The quantitative estimate of drug-likeness (QED) is 0.222. The topological polar surface area (TPSA) is 92.3 Å². The number of fused-ring (bicyclic) bond motifs is 2. The number of thiazole rings is 1. The Labute approximate surface area is 252 Å². The van der Waals surface area contributed by atoms with E-state index < -0.39 is 12.0 Å². The van der Waals surface area contributed by atoms with Gasteiger partial charge in [0.15, 0.2) is 21.4 Å². The molecule has 8 nitrogen and oxygen atoms in total. The molecule has 4 aromatic rings. The average molecular weight is 654 g/mol. The van der Waals surface area contributed by atoms with Crippen molar-refractivity contribution in [2.45, 2.75) is 42.7 Å². The number of ether oxygens (including phenoxy) is 3. The number of furan rings is 1. The molecule has 6 rings (SSSR count). The Kier molecular flexibility index (Phi) is 7.92. The predicted molar refractivity (Wildman–Crippen MR) is 159 cm³/mol. The van der Waals surface area contributed by atoms with Crippen LogP contribution in [0.3, 0.4) is 0 Å². The summed E-state index contributed by atoms with van der Waals surface area (Å²) in [5.74, 6) is 1.21. The van der Waals surface area contributed by atoms with E-state index in [9.17, 15) is 9.59 Å². The van der Waals surface area contributed by atoms with Crippen molar-refractivity contribution in [2.24, 2.45) is 4.99 Å². The zero-order valence-corrected chi connectivity index (χ0v) is 25.4. The molecular formula is C30H25BrN2O6S2. The lowest BCUT2D eigenvalue weighted by Crippen LogP contribution is -2.40. The summed E-state index contributed by atoms with van der Waals surface area (Å²) < 4.78 is 25.5. The van der Waals surface area contributed by atoms with Crippen LogP contribution in [0.25, 0.3) is 6.08 Å². The molecule has 4 heterocycles. The molecule has 0 N–H and O–H groups in total.